The van der Waals surface area contributed by atoms with Gasteiger partial charge < -0.3 is 15.4 Å². The van der Waals surface area contributed by atoms with Gasteiger partial charge in [0.1, 0.15) is 5.69 Å². The first kappa shape index (κ1) is 14.8. The minimum absolute atomic E-state index is 0.107. The molecule has 1 aliphatic heterocycles. The zero-order chi connectivity index (χ0) is 14.2. The van der Waals surface area contributed by atoms with Crippen LogP contribution >= 0.6 is 0 Å². The Morgan fingerprint density at radius 3 is 3.15 bits per heavy atom. The van der Waals surface area contributed by atoms with Crippen molar-refractivity contribution in [3.63, 3.8) is 0 Å². The largest absolute Gasteiger partial charge is 0.385 e. The van der Waals surface area contributed by atoms with Gasteiger partial charge in [-0.15, -0.1) is 0 Å². The number of hydrogen-bond acceptors (Lipinski definition) is 4. The first-order chi connectivity index (χ1) is 9.79. The number of nitrogens with one attached hydrogen (secondary N) is 2. The zero-order valence-corrected chi connectivity index (χ0v) is 12.0. The Morgan fingerprint density at radius 1 is 1.50 bits per heavy atom. The normalized spacial score (nSPS) is 17.9. The van der Waals surface area contributed by atoms with Gasteiger partial charge in [0.25, 0.3) is 5.91 Å². The lowest BCUT2D eigenvalue weighted by molar-refractivity contribution is 0.0945. The first-order valence-corrected chi connectivity index (χ1v) is 7.35. The van der Waals surface area contributed by atoms with Gasteiger partial charge in [0.05, 0.1) is 0 Å². The van der Waals surface area contributed by atoms with Gasteiger partial charge in [-0.05, 0) is 37.3 Å². The van der Waals surface area contributed by atoms with E-state index >= 15 is 0 Å². The molecule has 5 nitrogen and oxygen atoms in total. The lowest BCUT2D eigenvalue weighted by Crippen LogP contribution is -2.27. The van der Waals surface area contributed by atoms with E-state index in [1.807, 2.05) is 6.07 Å². The smallest absolute Gasteiger partial charge is 0.269 e. The Balaban J connectivity index is 1.78. The maximum Gasteiger partial charge on any atom is 0.269 e. The lowest BCUT2D eigenvalue weighted by atomic mass is 10.1. The molecular formula is C15H23N3O2. The molecule has 1 aromatic rings. The Labute approximate surface area is 120 Å². The van der Waals surface area contributed by atoms with Crippen LogP contribution in [-0.4, -0.2) is 37.2 Å². The Kier molecular flexibility index (Phi) is 5.80. The number of carbonyl (C=O) groups is 1. The van der Waals surface area contributed by atoms with Gasteiger partial charge in [0.15, 0.2) is 0 Å². The summed E-state index contributed by atoms with van der Waals surface area (Å²) < 4.78 is 5.32. The molecule has 1 aliphatic rings. The minimum Gasteiger partial charge on any atom is -0.385 e. The van der Waals surface area contributed by atoms with Crippen LogP contribution in [0.3, 0.4) is 0 Å². The number of carbonyl (C=O) groups excluding carboxylic acids is 1. The van der Waals surface area contributed by atoms with Crippen LogP contribution in [0.1, 0.15) is 36.7 Å². The summed E-state index contributed by atoms with van der Waals surface area (Å²) in [4.78, 5) is 16.1. The Morgan fingerprint density at radius 2 is 2.40 bits per heavy atom. The van der Waals surface area contributed by atoms with Crippen LogP contribution in [0.25, 0.3) is 0 Å². The quantitative estimate of drug-likeness (QED) is 0.801. The van der Waals surface area contributed by atoms with Gasteiger partial charge in [-0.2, -0.15) is 0 Å². The predicted octanol–water partition coefficient (Wildman–Crippen LogP) is 2.06. The summed E-state index contributed by atoms with van der Waals surface area (Å²) in [5.41, 5.74) is 1.41. The monoisotopic (exact) mass is 277 g/mol. The summed E-state index contributed by atoms with van der Waals surface area (Å²) in [6, 6.07) is 3.67. The van der Waals surface area contributed by atoms with Gasteiger partial charge >= 0.3 is 0 Å². The number of anilines is 1. The second-order valence-electron chi connectivity index (χ2n) is 5.13. The SMILES string of the molecule is CCCNc1ccnc(C(=O)NCCC2CCOC2)c1. The third-order valence-electron chi connectivity index (χ3n) is 3.43. The molecule has 1 saturated heterocycles. The number of nitrogens with zero attached hydrogens (tertiary/aromatic N) is 1. The van der Waals surface area contributed by atoms with Crippen molar-refractivity contribution in [2.75, 3.05) is 31.6 Å². The molecule has 2 heterocycles. The minimum atomic E-state index is -0.107. The highest BCUT2D eigenvalue weighted by Gasteiger charge is 2.15. The molecule has 0 bridgehead atoms. The van der Waals surface area contributed by atoms with Crippen molar-refractivity contribution < 1.29 is 9.53 Å². The molecule has 1 unspecified atom stereocenters. The van der Waals surface area contributed by atoms with Crippen LogP contribution in [0.15, 0.2) is 18.3 Å². The van der Waals surface area contributed by atoms with Crippen molar-refractivity contribution in [1.82, 2.24) is 10.3 Å². The van der Waals surface area contributed by atoms with Crippen molar-refractivity contribution in [2.24, 2.45) is 5.92 Å². The molecule has 0 spiro atoms. The van der Waals surface area contributed by atoms with Gasteiger partial charge in [-0.3, -0.25) is 9.78 Å². The van der Waals surface area contributed by atoms with E-state index in [1.165, 1.54) is 0 Å². The topological polar surface area (TPSA) is 63.2 Å². The van der Waals surface area contributed by atoms with Crippen molar-refractivity contribution >= 4 is 11.6 Å². The summed E-state index contributed by atoms with van der Waals surface area (Å²) in [6.07, 6.45) is 4.79. The van der Waals surface area contributed by atoms with E-state index in [0.717, 1.165) is 44.7 Å². The van der Waals surface area contributed by atoms with Crippen LogP contribution in [0, 0.1) is 5.92 Å². The Hall–Kier alpha value is -1.62. The number of aromatic nitrogens is 1. The molecular weight excluding hydrogens is 254 g/mol. The second-order valence-corrected chi connectivity index (χ2v) is 5.13. The van der Waals surface area contributed by atoms with Gasteiger partial charge in [0.2, 0.25) is 0 Å². The summed E-state index contributed by atoms with van der Waals surface area (Å²) >= 11 is 0. The van der Waals surface area contributed by atoms with E-state index in [1.54, 1.807) is 12.3 Å². The molecule has 0 radical (unpaired) electrons. The van der Waals surface area contributed by atoms with E-state index in [9.17, 15) is 4.79 Å². The molecule has 2 N–H and O–H groups in total. The fourth-order valence-electron chi connectivity index (χ4n) is 2.23. The fourth-order valence-corrected chi connectivity index (χ4v) is 2.23. The fraction of sp³-hybridized carbons (Fsp3) is 0.600. The predicted molar refractivity (Wildman–Crippen MR) is 78.9 cm³/mol. The van der Waals surface area contributed by atoms with E-state index < -0.39 is 0 Å². The van der Waals surface area contributed by atoms with Crippen LogP contribution < -0.4 is 10.6 Å². The molecule has 2 rings (SSSR count). The average molecular weight is 277 g/mol. The molecule has 5 heteroatoms. The third-order valence-corrected chi connectivity index (χ3v) is 3.43. The van der Waals surface area contributed by atoms with E-state index in [-0.39, 0.29) is 5.91 Å². The van der Waals surface area contributed by atoms with Gasteiger partial charge in [0, 0.05) is 38.2 Å². The maximum absolute atomic E-state index is 12.0. The molecule has 0 aromatic carbocycles. The molecule has 1 amide bonds. The van der Waals surface area contributed by atoms with E-state index in [2.05, 4.69) is 22.5 Å². The van der Waals surface area contributed by atoms with E-state index in [0.29, 0.717) is 18.2 Å². The maximum atomic E-state index is 12.0. The number of ether oxygens (including phenoxy) is 1. The highest BCUT2D eigenvalue weighted by molar-refractivity contribution is 5.93. The number of rotatable bonds is 7. The number of amides is 1. The van der Waals surface area contributed by atoms with Crippen LogP contribution in [0.4, 0.5) is 5.69 Å². The van der Waals surface area contributed by atoms with Gasteiger partial charge in [-0.25, -0.2) is 0 Å². The van der Waals surface area contributed by atoms with Crippen molar-refractivity contribution in [3.05, 3.63) is 24.0 Å². The van der Waals surface area contributed by atoms with E-state index in [4.69, 9.17) is 4.74 Å². The summed E-state index contributed by atoms with van der Waals surface area (Å²) in [7, 11) is 0. The molecule has 1 aromatic heterocycles. The Bertz CT molecular complexity index is 431. The average Bonchev–Trinajstić information content (AvgIpc) is 2.98. The van der Waals surface area contributed by atoms with Crippen LogP contribution in [0.5, 0.6) is 0 Å². The first-order valence-electron chi connectivity index (χ1n) is 7.35. The molecule has 0 aliphatic carbocycles. The van der Waals surface area contributed by atoms with Crippen molar-refractivity contribution in [1.29, 1.82) is 0 Å². The summed E-state index contributed by atoms with van der Waals surface area (Å²) in [5.74, 6) is 0.477. The van der Waals surface area contributed by atoms with Gasteiger partial charge in [-0.1, -0.05) is 6.92 Å². The highest BCUT2D eigenvalue weighted by atomic mass is 16.5. The molecule has 0 saturated carbocycles. The highest BCUT2D eigenvalue weighted by Crippen LogP contribution is 2.15. The lowest BCUT2D eigenvalue weighted by Gasteiger charge is -2.09. The van der Waals surface area contributed by atoms with Crippen molar-refractivity contribution in [3.8, 4) is 0 Å². The third kappa shape index (κ3) is 4.49. The van der Waals surface area contributed by atoms with Crippen LogP contribution in [-0.2, 0) is 4.74 Å². The molecule has 1 fully saturated rings. The van der Waals surface area contributed by atoms with Crippen LogP contribution in [0.2, 0.25) is 0 Å². The second kappa shape index (κ2) is 7.85. The zero-order valence-electron chi connectivity index (χ0n) is 12.0. The molecule has 20 heavy (non-hydrogen) atoms. The number of pyridine rings is 1. The molecule has 110 valence electrons. The standard InChI is InChI=1S/C15H23N3O2/c1-2-6-16-13-4-8-17-14(10-13)15(19)18-7-3-12-5-9-20-11-12/h4,8,10,12H,2-3,5-7,9,11H2,1H3,(H,16,17)(H,18,19). The summed E-state index contributed by atoms with van der Waals surface area (Å²) in [6.45, 7) is 5.36. The number of hydrogen-bond donors (Lipinski definition) is 2. The summed E-state index contributed by atoms with van der Waals surface area (Å²) in [5, 5.41) is 6.18. The van der Waals surface area contributed by atoms with Crippen molar-refractivity contribution in [2.45, 2.75) is 26.2 Å². The molecule has 1 atom stereocenters.